The SMILES string of the molecule is COc1cccc2c1OCC(NC(=O)C1=C(C)OCCO1)C2. The van der Waals surface area contributed by atoms with Crippen molar-refractivity contribution in [2.75, 3.05) is 26.9 Å². The number of para-hydroxylation sites is 1. The molecule has 1 N–H and O–H groups in total. The number of amides is 1. The number of hydrogen-bond acceptors (Lipinski definition) is 5. The number of nitrogens with one attached hydrogen (secondary N) is 1. The first-order valence-corrected chi connectivity index (χ1v) is 7.25. The Labute approximate surface area is 129 Å². The summed E-state index contributed by atoms with van der Waals surface area (Å²) in [6.07, 6.45) is 0.686. The summed E-state index contributed by atoms with van der Waals surface area (Å²) >= 11 is 0. The molecular weight excluding hydrogens is 286 g/mol. The largest absolute Gasteiger partial charge is 0.493 e. The minimum Gasteiger partial charge on any atom is -0.493 e. The van der Waals surface area contributed by atoms with E-state index in [4.69, 9.17) is 18.9 Å². The number of methoxy groups -OCH3 is 1. The van der Waals surface area contributed by atoms with Crippen LogP contribution in [0.25, 0.3) is 0 Å². The van der Waals surface area contributed by atoms with Gasteiger partial charge in [0.05, 0.1) is 13.2 Å². The maximum Gasteiger partial charge on any atom is 0.290 e. The van der Waals surface area contributed by atoms with Crippen molar-refractivity contribution in [2.45, 2.75) is 19.4 Å². The van der Waals surface area contributed by atoms with E-state index >= 15 is 0 Å². The van der Waals surface area contributed by atoms with Gasteiger partial charge in [-0.2, -0.15) is 0 Å². The van der Waals surface area contributed by atoms with Gasteiger partial charge in [-0.3, -0.25) is 4.79 Å². The summed E-state index contributed by atoms with van der Waals surface area (Å²) < 4.78 is 21.7. The molecule has 0 aliphatic carbocycles. The number of carbonyl (C=O) groups excluding carboxylic acids is 1. The fourth-order valence-corrected chi connectivity index (χ4v) is 2.63. The molecule has 0 aromatic heterocycles. The standard InChI is InChI=1S/C16H19NO5/c1-10-14(21-7-6-20-10)16(18)17-12-8-11-4-3-5-13(19-2)15(11)22-9-12/h3-5,12H,6-9H2,1-2H3,(H,17,18). The second kappa shape index (κ2) is 6.17. The van der Waals surface area contributed by atoms with Crippen molar-refractivity contribution < 1.29 is 23.7 Å². The molecule has 6 heteroatoms. The van der Waals surface area contributed by atoms with E-state index in [1.807, 2.05) is 18.2 Å². The molecule has 1 unspecified atom stereocenters. The van der Waals surface area contributed by atoms with Crippen LogP contribution >= 0.6 is 0 Å². The first kappa shape index (κ1) is 14.6. The molecule has 0 bridgehead atoms. The minimum absolute atomic E-state index is 0.113. The molecule has 6 nitrogen and oxygen atoms in total. The van der Waals surface area contributed by atoms with E-state index in [2.05, 4.69) is 5.32 Å². The summed E-state index contributed by atoms with van der Waals surface area (Å²) in [6.45, 7) is 2.99. The molecule has 1 atom stereocenters. The lowest BCUT2D eigenvalue weighted by Crippen LogP contribution is -2.44. The van der Waals surface area contributed by atoms with Crippen LogP contribution in [-0.2, 0) is 20.7 Å². The fraction of sp³-hybridized carbons (Fsp3) is 0.438. The van der Waals surface area contributed by atoms with Crippen LogP contribution in [0, 0.1) is 0 Å². The van der Waals surface area contributed by atoms with E-state index in [1.54, 1.807) is 14.0 Å². The Kier molecular flexibility index (Phi) is 4.09. The zero-order valence-electron chi connectivity index (χ0n) is 12.7. The molecule has 2 aliphatic heterocycles. The Morgan fingerprint density at radius 1 is 1.27 bits per heavy atom. The van der Waals surface area contributed by atoms with Crippen molar-refractivity contribution in [1.82, 2.24) is 5.32 Å². The second-order valence-electron chi connectivity index (χ2n) is 5.22. The van der Waals surface area contributed by atoms with Crippen LogP contribution in [0.2, 0.25) is 0 Å². The van der Waals surface area contributed by atoms with Gasteiger partial charge < -0.3 is 24.3 Å². The monoisotopic (exact) mass is 305 g/mol. The molecular formula is C16H19NO5. The molecule has 2 heterocycles. The predicted octanol–water partition coefficient (Wildman–Crippen LogP) is 1.39. The van der Waals surface area contributed by atoms with E-state index in [0.29, 0.717) is 37.8 Å². The zero-order valence-corrected chi connectivity index (χ0v) is 12.7. The van der Waals surface area contributed by atoms with Crippen LogP contribution in [-0.4, -0.2) is 38.9 Å². The highest BCUT2D eigenvalue weighted by Gasteiger charge is 2.27. The smallest absolute Gasteiger partial charge is 0.290 e. The quantitative estimate of drug-likeness (QED) is 0.914. The van der Waals surface area contributed by atoms with Crippen LogP contribution in [0.4, 0.5) is 0 Å². The van der Waals surface area contributed by atoms with Gasteiger partial charge >= 0.3 is 0 Å². The molecule has 22 heavy (non-hydrogen) atoms. The summed E-state index contributed by atoms with van der Waals surface area (Å²) in [5, 5.41) is 2.93. The number of carbonyl (C=O) groups is 1. The molecule has 1 amide bonds. The maximum atomic E-state index is 12.3. The lowest BCUT2D eigenvalue weighted by molar-refractivity contribution is -0.123. The molecule has 0 fully saturated rings. The first-order chi connectivity index (χ1) is 10.7. The van der Waals surface area contributed by atoms with Crippen LogP contribution in [0.3, 0.4) is 0 Å². The highest BCUT2D eigenvalue weighted by molar-refractivity contribution is 5.92. The lowest BCUT2D eigenvalue weighted by Gasteiger charge is -2.28. The average molecular weight is 305 g/mol. The van der Waals surface area contributed by atoms with Gasteiger partial charge in [0.1, 0.15) is 25.6 Å². The normalized spacial score (nSPS) is 20.2. The summed E-state index contributed by atoms with van der Waals surface area (Å²) in [4.78, 5) is 12.3. The van der Waals surface area contributed by atoms with Crippen molar-refractivity contribution >= 4 is 5.91 Å². The summed E-state index contributed by atoms with van der Waals surface area (Å²) in [5.74, 6) is 1.97. The maximum absolute atomic E-state index is 12.3. The van der Waals surface area contributed by atoms with E-state index in [-0.39, 0.29) is 17.7 Å². The number of fused-ring (bicyclic) bond motifs is 1. The summed E-state index contributed by atoms with van der Waals surface area (Å²) in [7, 11) is 1.61. The van der Waals surface area contributed by atoms with Gasteiger partial charge in [0.2, 0.25) is 5.76 Å². The number of rotatable bonds is 3. The van der Waals surface area contributed by atoms with Crippen LogP contribution in [0.15, 0.2) is 29.7 Å². The molecule has 3 rings (SSSR count). The topological polar surface area (TPSA) is 66.0 Å². The molecule has 0 spiro atoms. The lowest BCUT2D eigenvalue weighted by atomic mass is 10.0. The van der Waals surface area contributed by atoms with Crippen LogP contribution in [0.1, 0.15) is 12.5 Å². The van der Waals surface area contributed by atoms with E-state index in [9.17, 15) is 4.79 Å². The highest BCUT2D eigenvalue weighted by atomic mass is 16.6. The molecule has 0 radical (unpaired) electrons. The number of hydrogen-bond donors (Lipinski definition) is 1. The average Bonchev–Trinajstić information content (AvgIpc) is 2.54. The molecule has 0 saturated heterocycles. The van der Waals surface area contributed by atoms with Gasteiger partial charge in [-0.05, 0) is 19.4 Å². The van der Waals surface area contributed by atoms with Crippen molar-refractivity contribution in [2.24, 2.45) is 0 Å². The van der Waals surface area contributed by atoms with Crippen LogP contribution < -0.4 is 14.8 Å². The number of ether oxygens (including phenoxy) is 4. The van der Waals surface area contributed by atoms with Gasteiger partial charge in [-0.15, -0.1) is 0 Å². The van der Waals surface area contributed by atoms with Crippen molar-refractivity contribution in [3.8, 4) is 11.5 Å². The third-order valence-corrected chi connectivity index (χ3v) is 3.69. The minimum atomic E-state index is -0.267. The van der Waals surface area contributed by atoms with Crippen molar-refractivity contribution in [3.63, 3.8) is 0 Å². The molecule has 1 aromatic carbocycles. The van der Waals surface area contributed by atoms with Gasteiger partial charge in [0.15, 0.2) is 11.5 Å². The third kappa shape index (κ3) is 2.81. The summed E-state index contributed by atoms with van der Waals surface area (Å²) in [6, 6.07) is 5.63. The Morgan fingerprint density at radius 2 is 2.09 bits per heavy atom. The van der Waals surface area contributed by atoms with Crippen molar-refractivity contribution in [3.05, 3.63) is 35.3 Å². The zero-order chi connectivity index (χ0) is 15.5. The molecule has 1 aromatic rings. The number of benzene rings is 1. The predicted molar refractivity (Wildman–Crippen MR) is 78.7 cm³/mol. The summed E-state index contributed by atoms with van der Waals surface area (Å²) in [5.41, 5.74) is 1.02. The molecule has 0 saturated carbocycles. The van der Waals surface area contributed by atoms with E-state index in [0.717, 1.165) is 11.3 Å². The van der Waals surface area contributed by atoms with E-state index < -0.39 is 0 Å². The third-order valence-electron chi connectivity index (χ3n) is 3.69. The van der Waals surface area contributed by atoms with Crippen LogP contribution in [0.5, 0.6) is 11.5 Å². The Hall–Kier alpha value is -2.37. The Bertz CT molecular complexity index is 611. The molecule has 118 valence electrons. The van der Waals surface area contributed by atoms with Crippen molar-refractivity contribution in [1.29, 1.82) is 0 Å². The second-order valence-corrected chi connectivity index (χ2v) is 5.22. The van der Waals surface area contributed by atoms with Gasteiger partial charge in [-0.25, -0.2) is 0 Å². The van der Waals surface area contributed by atoms with Gasteiger partial charge in [-0.1, -0.05) is 12.1 Å². The first-order valence-electron chi connectivity index (χ1n) is 7.25. The fourth-order valence-electron chi connectivity index (χ4n) is 2.63. The molecule has 2 aliphatic rings. The van der Waals surface area contributed by atoms with Gasteiger partial charge in [0.25, 0.3) is 5.91 Å². The number of allylic oxidation sites excluding steroid dienone is 1. The van der Waals surface area contributed by atoms with Gasteiger partial charge in [0, 0.05) is 5.56 Å². The Morgan fingerprint density at radius 3 is 2.86 bits per heavy atom. The highest BCUT2D eigenvalue weighted by Crippen LogP contribution is 2.34. The Balaban J connectivity index is 1.69. The van der Waals surface area contributed by atoms with E-state index in [1.165, 1.54) is 0 Å².